The fourth-order valence-electron chi connectivity index (χ4n) is 1.31. The molecule has 76 valence electrons. The monoisotopic (exact) mass is 198 g/mol. The molecule has 3 atom stereocenters. The van der Waals surface area contributed by atoms with Crippen LogP contribution in [0.5, 0.6) is 0 Å². The van der Waals surface area contributed by atoms with E-state index in [-0.39, 0.29) is 25.0 Å². The van der Waals surface area contributed by atoms with Crippen molar-refractivity contribution in [3.05, 3.63) is 20.9 Å². The van der Waals surface area contributed by atoms with Crippen LogP contribution in [0.2, 0.25) is 0 Å². The highest BCUT2D eigenvalue weighted by Gasteiger charge is 2.33. The van der Waals surface area contributed by atoms with Crippen molar-refractivity contribution in [3.63, 3.8) is 0 Å². The molecule has 1 rings (SSSR count). The first kappa shape index (κ1) is 10.6. The highest BCUT2D eigenvalue weighted by molar-refractivity contribution is 4.86. The molecule has 0 radical (unpaired) electrons. The zero-order chi connectivity index (χ0) is 10.4. The Hall–Kier alpha value is -1.46. The van der Waals surface area contributed by atoms with Gasteiger partial charge in [-0.3, -0.25) is 0 Å². The van der Waals surface area contributed by atoms with E-state index in [1.807, 2.05) is 0 Å². The molecule has 1 saturated heterocycles. The number of azide groups is 2. The van der Waals surface area contributed by atoms with Crippen molar-refractivity contribution in [1.82, 2.24) is 0 Å². The summed E-state index contributed by atoms with van der Waals surface area (Å²) in [5.74, 6) is 0. The minimum atomic E-state index is -0.385. The topological polar surface area (TPSA) is 116 Å². The largest absolute Gasteiger partial charge is 0.356 e. The van der Waals surface area contributed by atoms with Gasteiger partial charge >= 0.3 is 0 Å². The van der Waals surface area contributed by atoms with E-state index in [9.17, 15) is 0 Å². The molecule has 1 aliphatic heterocycles. The molecule has 1 heterocycles. The van der Waals surface area contributed by atoms with Gasteiger partial charge in [0.05, 0.1) is 18.7 Å². The van der Waals surface area contributed by atoms with E-state index in [1.54, 1.807) is 0 Å². The molecule has 0 amide bonds. The molecule has 8 nitrogen and oxygen atoms in total. The quantitative estimate of drug-likeness (QED) is 0.388. The first-order chi connectivity index (χ1) is 6.81. The lowest BCUT2D eigenvalue weighted by Gasteiger charge is -2.10. The van der Waals surface area contributed by atoms with Crippen LogP contribution in [0.15, 0.2) is 10.2 Å². The maximum Gasteiger partial charge on any atom is 0.158 e. The second-order valence-electron chi connectivity index (χ2n) is 2.76. The number of hydrogen-bond acceptors (Lipinski definition) is 4. The molecular formula is C6H10N6O2. The fraction of sp³-hybridized carbons (Fsp3) is 1.00. The van der Waals surface area contributed by atoms with Gasteiger partial charge in [-0.2, -0.15) is 0 Å². The molecule has 8 heteroatoms. The molecule has 1 fully saturated rings. The summed E-state index contributed by atoms with van der Waals surface area (Å²) in [6, 6.07) is -0.324. The molecule has 0 bridgehead atoms. The summed E-state index contributed by atoms with van der Waals surface area (Å²) in [5, 5.41) is 6.92. The van der Waals surface area contributed by atoms with Crippen molar-refractivity contribution in [2.75, 3.05) is 13.7 Å². The molecule has 1 aliphatic rings. The van der Waals surface area contributed by atoms with Crippen LogP contribution in [-0.4, -0.2) is 32.1 Å². The Bertz CT molecular complexity index is 282. The number of nitrogens with zero attached hydrogens (tertiary/aromatic N) is 6. The highest BCUT2D eigenvalue weighted by Crippen LogP contribution is 2.24. The van der Waals surface area contributed by atoms with Gasteiger partial charge in [-0.25, -0.2) is 0 Å². The third-order valence-electron chi connectivity index (χ3n) is 1.98. The number of methoxy groups -OCH3 is 1. The van der Waals surface area contributed by atoms with Gasteiger partial charge in [0.1, 0.15) is 0 Å². The average molecular weight is 198 g/mol. The van der Waals surface area contributed by atoms with Crippen molar-refractivity contribution in [3.8, 4) is 0 Å². The van der Waals surface area contributed by atoms with Gasteiger partial charge in [0.15, 0.2) is 6.29 Å². The van der Waals surface area contributed by atoms with E-state index in [0.29, 0.717) is 6.42 Å². The van der Waals surface area contributed by atoms with Gasteiger partial charge in [-0.1, -0.05) is 10.2 Å². The third-order valence-corrected chi connectivity index (χ3v) is 1.98. The van der Waals surface area contributed by atoms with Crippen LogP contribution in [0.25, 0.3) is 20.9 Å². The molecule has 1 unspecified atom stereocenters. The van der Waals surface area contributed by atoms with Gasteiger partial charge in [0.25, 0.3) is 0 Å². The molecule has 0 saturated carbocycles. The Kier molecular flexibility index (Phi) is 4.03. The summed E-state index contributed by atoms with van der Waals surface area (Å²) in [5.41, 5.74) is 16.4. The Morgan fingerprint density at radius 3 is 2.86 bits per heavy atom. The van der Waals surface area contributed by atoms with Crippen LogP contribution in [-0.2, 0) is 9.47 Å². The second kappa shape index (κ2) is 5.31. The van der Waals surface area contributed by atoms with Crippen molar-refractivity contribution in [2.24, 2.45) is 10.2 Å². The molecule has 0 aromatic heterocycles. The number of hydrogen-bond donors (Lipinski definition) is 0. The van der Waals surface area contributed by atoms with E-state index >= 15 is 0 Å². The molecule has 0 aromatic carbocycles. The first-order valence-electron chi connectivity index (χ1n) is 4.05. The Balaban J connectivity index is 2.61. The average Bonchev–Trinajstić information content (AvgIpc) is 2.58. The SMILES string of the molecule is COC1C[C@@H](N=[N+]=[N-])[C@@H](CN=[N+]=[N-])O1. The summed E-state index contributed by atoms with van der Waals surface area (Å²) < 4.78 is 10.3. The maximum atomic E-state index is 8.29. The summed E-state index contributed by atoms with van der Waals surface area (Å²) >= 11 is 0. The third kappa shape index (κ3) is 2.51. The fourth-order valence-corrected chi connectivity index (χ4v) is 1.31. The zero-order valence-electron chi connectivity index (χ0n) is 7.65. The summed E-state index contributed by atoms with van der Waals surface area (Å²) in [6.45, 7) is 0.153. The van der Waals surface area contributed by atoms with Gasteiger partial charge in [-0.05, 0) is 11.1 Å². The normalized spacial score (nSPS) is 30.5. The smallest absolute Gasteiger partial charge is 0.158 e. The van der Waals surface area contributed by atoms with Crippen LogP contribution in [0.3, 0.4) is 0 Å². The van der Waals surface area contributed by atoms with E-state index in [4.69, 9.17) is 20.5 Å². The lowest BCUT2D eigenvalue weighted by molar-refractivity contribution is -0.112. The van der Waals surface area contributed by atoms with Crippen molar-refractivity contribution >= 4 is 0 Å². The van der Waals surface area contributed by atoms with E-state index in [2.05, 4.69) is 20.1 Å². The lowest BCUT2D eigenvalue weighted by atomic mass is 10.1. The summed E-state index contributed by atoms with van der Waals surface area (Å²) in [4.78, 5) is 5.31. The highest BCUT2D eigenvalue weighted by atomic mass is 16.7. The molecule has 0 spiro atoms. The van der Waals surface area contributed by atoms with Crippen LogP contribution >= 0.6 is 0 Å². The molecule has 0 N–H and O–H groups in total. The van der Waals surface area contributed by atoms with Gasteiger partial charge in [0, 0.05) is 23.4 Å². The van der Waals surface area contributed by atoms with Gasteiger partial charge in [-0.15, -0.1) is 0 Å². The minimum absolute atomic E-state index is 0.153. The lowest BCUT2D eigenvalue weighted by Crippen LogP contribution is -2.22. The Morgan fingerprint density at radius 1 is 1.50 bits per heavy atom. The Morgan fingerprint density at radius 2 is 2.29 bits per heavy atom. The molecule has 0 aliphatic carbocycles. The molecule has 0 aromatic rings. The van der Waals surface area contributed by atoms with Crippen molar-refractivity contribution < 1.29 is 9.47 Å². The molecular weight excluding hydrogens is 188 g/mol. The summed E-state index contributed by atoms with van der Waals surface area (Å²) in [6.07, 6.45) is -0.275. The second-order valence-corrected chi connectivity index (χ2v) is 2.76. The maximum absolute atomic E-state index is 8.29. The van der Waals surface area contributed by atoms with E-state index < -0.39 is 0 Å². The standard InChI is InChI=1S/C6H10N6O2/c1-13-6-2-4(10-12-8)5(14-6)3-9-11-7/h4-6H,2-3H2,1H3/t4-,5-,6?/m1/s1. The zero-order valence-corrected chi connectivity index (χ0v) is 7.65. The van der Waals surface area contributed by atoms with Crippen LogP contribution in [0, 0.1) is 0 Å². The Labute approximate surface area is 80.1 Å². The van der Waals surface area contributed by atoms with E-state index in [0.717, 1.165) is 0 Å². The number of ether oxygens (including phenoxy) is 2. The van der Waals surface area contributed by atoms with E-state index in [1.165, 1.54) is 7.11 Å². The van der Waals surface area contributed by atoms with Gasteiger partial charge in [0.2, 0.25) is 0 Å². The van der Waals surface area contributed by atoms with Gasteiger partial charge < -0.3 is 9.47 Å². The van der Waals surface area contributed by atoms with Crippen molar-refractivity contribution in [1.29, 1.82) is 0 Å². The predicted octanol–water partition coefficient (Wildman–Crippen LogP) is 1.74. The molecule has 14 heavy (non-hydrogen) atoms. The number of rotatable bonds is 4. The van der Waals surface area contributed by atoms with Crippen LogP contribution in [0.1, 0.15) is 6.42 Å². The van der Waals surface area contributed by atoms with Crippen LogP contribution in [0.4, 0.5) is 0 Å². The predicted molar refractivity (Wildman–Crippen MR) is 47.2 cm³/mol. The van der Waals surface area contributed by atoms with Crippen LogP contribution < -0.4 is 0 Å². The first-order valence-corrected chi connectivity index (χ1v) is 4.05. The van der Waals surface area contributed by atoms with Crippen molar-refractivity contribution in [2.45, 2.75) is 24.9 Å². The minimum Gasteiger partial charge on any atom is -0.356 e. The summed E-state index contributed by atoms with van der Waals surface area (Å²) in [7, 11) is 1.51.